The average Bonchev–Trinajstić information content (AvgIpc) is 3.04. The van der Waals surface area contributed by atoms with Gasteiger partial charge in [-0.25, -0.2) is 0 Å². The number of carbonyl (C=O) groups is 3. The molecule has 32 heavy (non-hydrogen) atoms. The number of nitrogens with zero attached hydrogens (tertiary/aromatic N) is 1. The molecule has 2 N–H and O–H groups in total. The number of hydrogen-bond donors (Lipinski definition) is 2. The Labute approximate surface area is 194 Å². The number of thioether (sulfide) groups is 1. The van der Waals surface area contributed by atoms with E-state index < -0.39 is 5.97 Å². The van der Waals surface area contributed by atoms with Gasteiger partial charge in [-0.1, -0.05) is 48.2 Å². The van der Waals surface area contributed by atoms with Gasteiger partial charge in [-0.05, 0) is 35.9 Å². The third-order valence-corrected chi connectivity index (χ3v) is 5.70. The average molecular weight is 473 g/mol. The normalized spacial score (nSPS) is 14.5. The second kappa shape index (κ2) is 10.8. The van der Waals surface area contributed by atoms with Crippen molar-refractivity contribution in [1.82, 2.24) is 4.90 Å². The third-order valence-electron chi connectivity index (χ3n) is 4.32. The highest BCUT2D eigenvalue weighted by Gasteiger charge is 2.32. The maximum absolute atomic E-state index is 12.5. The van der Waals surface area contributed by atoms with E-state index in [0.717, 1.165) is 11.8 Å². The van der Waals surface area contributed by atoms with Gasteiger partial charge in [0.05, 0.1) is 18.4 Å². The predicted molar refractivity (Wildman–Crippen MR) is 126 cm³/mol. The molecule has 2 amide bonds. The van der Waals surface area contributed by atoms with E-state index in [1.807, 2.05) is 18.2 Å². The molecule has 0 aromatic heterocycles. The largest absolute Gasteiger partial charge is 0.493 e. The molecule has 0 aliphatic carbocycles. The Bertz CT molecular complexity index is 1070. The Morgan fingerprint density at radius 2 is 1.94 bits per heavy atom. The van der Waals surface area contributed by atoms with Crippen LogP contribution >= 0.6 is 24.0 Å². The molecule has 1 heterocycles. The number of nitrogens with one attached hydrogen (secondary N) is 1. The molecule has 10 heteroatoms. The molecule has 0 radical (unpaired) electrons. The Morgan fingerprint density at radius 1 is 1.19 bits per heavy atom. The number of ether oxygens (including phenoxy) is 2. The van der Waals surface area contributed by atoms with Gasteiger partial charge in [-0.15, -0.1) is 0 Å². The summed E-state index contributed by atoms with van der Waals surface area (Å²) in [4.78, 5) is 37.1. The quantitative estimate of drug-likeness (QED) is 0.423. The molecular weight excluding hydrogens is 452 g/mol. The number of rotatable bonds is 9. The number of anilines is 1. The van der Waals surface area contributed by atoms with Crippen molar-refractivity contribution in [3.63, 3.8) is 0 Å². The highest BCUT2D eigenvalue weighted by atomic mass is 32.2. The minimum absolute atomic E-state index is 0.0263. The lowest BCUT2D eigenvalue weighted by atomic mass is 10.2. The van der Waals surface area contributed by atoms with Crippen LogP contribution < -0.4 is 14.8 Å². The Hall–Kier alpha value is -3.37. The summed E-state index contributed by atoms with van der Waals surface area (Å²) in [5.41, 5.74) is 1.34. The summed E-state index contributed by atoms with van der Waals surface area (Å²) in [6.07, 6.45) is 1.46. The van der Waals surface area contributed by atoms with E-state index >= 15 is 0 Å². The fraction of sp³-hybridized carbons (Fsp3) is 0.182. The summed E-state index contributed by atoms with van der Waals surface area (Å²) in [5, 5.41) is 11.6. The maximum atomic E-state index is 12.5. The summed E-state index contributed by atoms with van der Waals surface area (Å²) in [6, 6.07) is 14.1. The molecule has 1 aliphatic rings. The minimum atomic E-state index is -0.999. The Balaban J connectivity index is 1.66. The second-order valence-electron chi connectivity index (χ2n) is 6.59. The van der Waals surface area contributed by atoms with Gasteiger partial charge in [0.15, 0.2) is 18.1 Å². The number of hydrogen-bond acceptors (Lipinski definition) is 7. The summed E-state index contributed by atoms with van der Waals surface area (Å²) < 4.78 is 11.3. The number of aliphatic carboxylic acids is 1. The van der Waals surface area contributed by atoms with E-state index in [4.69, 9.17) is 26.8 Å². The molecule has 1 aliphatic heterocycles. The van der Waals surface area contributed by atoms with E-state index in [1.165, 1.54) is 12.0 Å². The molecule has 0 bridgehead atoms. The Morgan fingerprint density at radius 3 is 2.62 bits per heavy atom. The van der Waals surface area contributed by atoms with E-state index in [-0.39, 0.29) is 31.4 Å². The summed E-state index contributed by atoms with van der Waals surface area (Å²) in [7, 11) is 1.47. The maximum Gasteiger partial charge on any atom is 0.305 e. The monoisotopic (exact) mass is 472 g/mol. The molecule has 8 nitrogen and oxygen atoms in total. The Kier molecular flexibility index (Phi) is 7.85. The van der Waals surface area contributed by atoms with E-state index in [9.17, 15) is 14.4 Å². The zero-order chi connectivity index (χ0) is 23.1. The van der Waals surface area contributed by atoms with Gasteiger partial charge in [0.2, 0.25) is 0 Å². The van der Waals surface area contributed by atoms with Crippen LogP contribution in [0.1, 0.15) is 12.0 Å². The van der Waals surface area contributed by atoms with Crippen LogP contribution in [0, 0.1) is 0 Å². The molecule has 2 aromatic carbocycles. The van der Waals surface area contributed by atoms with Gasteiger partial charge in [0.1, 0.15) is 4.32 Å². The van der Waals surface area contributed by atoms with E-state index in [2.05, 4.69) is 5.32 Å². The fourth-order valence-electron chi connectivity index (χ4n) is 2.81. The highest BCUT2D eigenvalue weighted by Crippen LogP contribution is 2.34. The van der Waals surface area contributed by atoms with Crippen molar-refractivity contribution in [1.29, 1.82) is 0 Å². The molecule has 2 aromatic rings. The highest BCUT2D eigenvalue weighted by molar-refractivity contribution is 8.26. The number of amides is 2. The van der Waals surface area contributed by atoms with Crippen molar-refractivity contribution in [2.45, 2.75) is 6.42 Å². The second-order valence-corrected chi connectivity index (χ2v) is 8.27. The first-order valence-corrected chi connectivity index (χ1v) is 10.7. The van der Waals surface area contributed by atoms with Gasteiger partial charge >= 0.3 is 5.97 Å². The van der Waals surface area contributed by atoms with Crippen molar-refractivity contribution in [3.05, 3.63) is 59.0 Å². The number of thiocarbonyl (C=S) groups is 1. The van der Waals surface area contributed by atoms with Crippen LogP contribution in [-0.2, 0) is 14.4 Å². The topological polar surface area (TPSA) is 105 Å². The lowest BCUT2D eigenvalue weighted by molar-refractivity contribution is -0.137. The van der Waals surface area contributed by atoms with Crippen LogP contribution in [0.15, 0.2) is 53.4 Å². The predicted octanol–water partition coefficient (Wildman–Crippen LogP) is 3.39. The standard InChI is InChI=1S/C22H20N2O6S2/c1-29-17-11-14(12-18-21(28)24(22(31)32-18)10-9-20(26)27)7-8-16(17)30-13-19(25)23-15-5-3-2-4-6-15/h2-8,11-12H,9-10,13H2,1H3,(H,23,25)(H,26,27). The van der Waals surface area contributed by atoms with Crippen molar-refractivity contribution in [3.8, 4) is 11.5 Å². The van der Waals surface area contributed by atoms with Crippen molar-refractivity contribution >= 4 is 57.8 Å². The number of methoxy groups -OCH3 is 1. The first kappa shape index (κ1) is 23.3. The van der Waals surface area contributed by atoms with Gasteiger partial charge in [-0.3, -0.25) is 19.3 Å². The lowest BCUT2D eigenvalue weighted by Crippen LogP contribution is -2.30. The SMILES string of the molecule is COc1cc(C=C2SC(=S)N(CCC(=O)O)C2=O)ccc1OCC(=O)Nc1ccccc1. The number of carboxylic acids is 1. The van der Waals surface area contributed by atoms with Crippen molar-refractivity contribution in [2.75, 3.05) is 25.6 Å². The number of carboxylic acid groups (broad SMARTS) is 1. The van der Waals surface area contributed by atoms with Gasteiger partial charge < -0.3 is 19.9 Å². The summed E-state index contributed by atoms with van der Waals surface area (Å²) in [6.45, 7) is -0.175. The number of carbonyl (C=O) groups excluding carboxylic acids is 2. The van der Waals surface area contributed by atoms with Crippen LogP contribution in [0.3, 0.4) is 0 Å². The molecule has 0 atom stereocenters. The van der Waals surface area contributed by atoms with Crippen LogP contribution in [0.5, 0.6) is 11.5 Å². The first-order chi connectivity index (χ1) is 15.4. The number of benzene rings is 2. The smallest absolute Gasteiger partial charge is 0.305 e. The molecule has 1 saturated heterocycles. The van der Waals surface area contributed by atoms with Crippen molar-refractivity contribution < 1.29 is 29.0 Å². The lowest BCUT2D eigenvalue weighted by Gasteiger charge is -2.12. The van der Waals surface area contributed by atoms with E-state index in [1.54, 1.807) is 36.4 Å². The minimum Gasteiger partial charge on any atom is -0.493 e. The van der Waals surface area contributed by atoms with Gasteiger partial charge in [-0.2, -0.15) is 0 Å². The van der Waals surface area contributed by atoms with Gasteiger partial charge in [0, 0.05) is 12.2 Å². The molecular formula is C22H20N2O6S2. The van der Waals surface area contributed by atoms with Crippen LogP contribution in [0.4, 0.5) is 5.69 Å². The fourth-order valence-corrected chi connectivity index (χ4v) is 4.12. The molecule has 1 fully saturated rings. The van der Waals surface area contributed by atoms with Crippen LogP contribution in [0.25, 0.3) is 6.08 Å². The zero-order valence-electron chi connectivity index (χ0n) is 17.1. The van der Waals surface area contributed by atoms with Gasteiger partial charge in [0.25, 0.3) is 11.8 Å². The molecule has 0 saturated carbocycles. The number of para-hydroxylation sites is 1. The summed E-state index contributed by atoms with van der Waals surface area (Å²) >= 11 is 6.30. The first-order valence-electron chi connectivity index (χ1n) is 9.50. The van der Waals surface area contributed by atoms with E-state index in [0.29, 0.717) is 32.0 Å². The third kappa shape index (κ3) is 6.08. The molecule has 0 spiro atoms. The molecule has 166 valence electrons. The summed E-state index contributed by atoms with van der Waals surface area (Å²) in [5.74, 6) is -0.874. The molecule has 3 rings (SSSR count). The zero-order valence-corrected chi connectivity index (χ0v) is 18.7. The van der Waals surface area contributed by atoms with Crippen LogP contribution in [-0.4, -0.2) is 52.4 Å². The van der Waals surface area contributed by atoms with Crippen LogP contribution in [0.2, 0.25) is 0 Å². The van der Waals surface area contributed by atoms with Crippen molar-refractivity contribution in [2.24, 2.45) is 0 Å². The molecule has 0 unspecified atom stereocenters.